The van der Waals surface area contributed by atoms with E-state index in [4.69, 9.17) is 5.73 Å². The summed E-state index contributed by atoms with van der Waals surface area (Å²) in [4.78, 5) is 24.0. The summed E-state index contributed by atoms with van der Waals surface area (Å²) in [5.41, 5.74) is 6.10. The Labute approximate surface area is 224 Å². The maximum Gasteiger partial charge on any atom is 0.314 e. The van der Waals surface area contributed by atoms with Crippen molar-refractivity contribution in [3.63, 3.8) is 0 Å². The third kappa shape index (κ3) is 10.8. The molecule has 10 heteroatoms. The van der Waals surface area contributed by atoms with Crippen LogP contribution in [0.15, 0.2) is 35.4 Å². The summed E-state index contributed by atoms with van der Waals surface area (Å²) in [6.07, 6.45) is 10.3. The molecule has 9 nitrogen and oxygen atoms in total. The molecule has 1 aromatic heterocycles. The molecule has 37 heavy (non-hydrogen) atoms. The second-order valence-corrected chi connectivity index (χ2v) is 9.45. The number of anilines is 3. The summed E-state index contributed by atoms with van der Waals surface area (Å²) in [7, 11) is -1.01. The highest BCUT2D eigenvalue weighted by Gasteiger charge is 2.15. The molecule has 0 saturated carbocycles. The molecule has 1 aromatic carbocycles. The van der Waals surface area contributed by atoms with Crippen molar-refractivity contribution in [3.8, 4) is 6.07 Å². The van der Waals surface area contributed by atoms with Crippen molar-refractivity contribution in [1.82, 2.24) is 14.9 Å². The van der Waals surface area contributed by atoms with Crippen LogP contribution in [0.1, 0.15) is 71.9 Å². The minimum atomic E-state index is -1.01. The van der Waals surface area contributed by atoms with Crippen LogP contribution in [0.25, 0.3) is 0 Å². The molecule has 2 saturated heterocycles. The highest BCUT2D eigenvalue weighted by Crippen LogP contribution is 2.23. The zero-order valence-electron chi connectivity index (χ0n) is 23.0. The summed E-state index contributed by atoms with van der Waals surface area (Å²) < 4.78 is 11.5. The average Bonchev–Trinajstić information content (AvgIpc) is 2.97. The Hall–Kier alpha value is -3.19. The molecule has 204 valence electrons. The molecule has 1 unspecified atom stereocenters. The molecule has 3 N–H and O–H groups in total. The first-order valence-corrected chi connectivity index (χ1v) is 14.8. The number of aromatic nitrogens is 2. The fourth-order valence-electron chi connectivity index (χ4n) is 3.81. The van der Waals surface area contributed by atoms with Gasteiger partial charge in [-0.25, -0.2) is 14.8 Å². The molecule has 4 rings (SSSR count). The summed E-state index contributed by atoms with van der Waals surface area (Å²) in [5.74, 6) is 1.24. The number of hydrogen-bond acceptors (Lipinski definition) is 7. The van der Waals surface area contributed by atoms with Crippen LogP contribution < -0.4 is 16.0 Å². The van der Waals surface area contributed by atoms with E-state index in [2.05, 4.69) is 26.3 Å². The highest BCUT2D eigenvalue weighted by atomic mass is 32.2. The minimum absolute atomic E-state index is 0.263. The molecular formula is C27H43N7O2S. The molecule has 0 aliphatic carbocycles. The first-order valence-electron chi connectivity index (χ1n) is 13.2. The number of nitrogens with zero attached hydrogens (tertiary/aromatic N) is 5. The number of hydrogen-bond donors (Lipinski definition) is 2. The van der Waals surface area contributed by atoms with Crippen LogP contribution in [0.4, 0.5) is 22.1 Å². The Morgan fingerprint density at radius 1 is 0.973 bits per heavy atom. The fraction of sp³-hybridized carbons (Fsp3) is 0.556. The van der Waals surface area contributed by atoms with Gasteiger partial charge in [0.15, 0.2) is 11.5 Å². The van der Waals surface area contributed by atoms with Crippen LogP contribution in [-0.2, 0) is 10.8 Å². The lowest BCUT2D eigenvalue weighted by molar-refractivity contribution is 0.196. The van der Waals surface area contributed by atoms with Crippen molar-refractivity contribution in [2.24, 2.45) is 5.73 Å². The van der Waals surface area contributed by atoms with Crippen LogP contribution >= 0.6 is 0 Å². The Morgan fingerprint density at radius 2 is 1.51 bits per heavy atom. The van der Waals surface area contributed by atoms with E-state index in [-0.39, 0.29) is 11.7 Å². The fourth-order valence-corrected chi connectivity index (χ4v) is 4.32. The van der Waals surface area contributed by atoms with Crippen LogP contribution in [0.5, 0.6) is 0 Å². The van der Waals surface area contributed by atoms with Crippen LogP contribution in [0, 0.1) is 11.3 Å². The van der Waals surface area contributed by atoms with Gasteiger partial charge in [-0.3, -0.25) is 4.21 Å². The van der Waals surface area contributed by atoms with Gasteiger partial charge < -0.3 is 20.9 Å². The lowest BCUT2D eigenvalue weighted by atomic mass is 10.1. The summed E-state index contributed by atoms with van der Waals surface area (Å²) in [5, 5.41) is 12.4. The smallest absolute Gasteiger partial charge is 0.314 e. The molecule has 2 fully saturated rings. The number of urea groups is 1. The standard InChI is InChI=1S/C17H19N5OS.C6H12N2O.2C2H6/c1-24(23)14-7-5-13(6-8-14)20-17-15(11-18)19-12-16(21-17)22-9-3-2-4-10-22;7-6(9)8-4-2-1-3-5-8;2*1-2/h5-8,12H,2-4,9-10H2,1H3,(H,20,21);1-5H2,(H2,7,9);2*1-2H3. The second kappa shape index (κ2) is 18.1. The minimum Gasteiger partial charge on any atom is -0.355 e. The second-order valence-electron chi connectivity index (χ2n) is 8.07. The van der Waals surface area contributed by atoms with Gasteiger partial charge in [0.1, 0.15) is 11.9 Å². The van der Waals surface area contributed by atoms with Crippen molar-refractivity contribution in [3.05, 3.63) is 36.2 Å². The predicted octanol–water partition coefficient (Wildman–Crippen LogP) is 5.42. The Balaban J connectivity index is 0.000000440. The third-order valence-electron chi connectivity index (χ3n) is 5.66. The van der Waals surface area contributed by atoms with Crippen molar-refractivity contribution >= 4 is 34.2 Å². The molecule has 2 aliphatic heterocycles. The largest absolute Gasteiger partial charge is 0.355 e. The van der Waals surface area contributed by atoms with Gasteiger partial charge in [-0.2, -0.15) is 5.26 Å². The molecule has 2 aliphatic rings. The van der Waals surface area contributed by atoms with Gasteiger partial charge in [-0.05, 0) is 62.8 Å². The van der Waals surface area contributed by atoms with Crippen molar-refractivity contribution in [1.29, 1.82) is 5.26 Å². The topological polar surface area (TPSA) is 128 Å². The Morgan fingerprint density at radius 3 is 1.97 bits per heavy atom. The molecule has 2 amide bonds. The van der Waals surface area contributed by atoms with E-state index in [0.717, 1.165) is 68.3 Å². The monoisotopic (exact) mass is 529 g/mol. The number of carbonyl (C=O) groups excluding carboxylic acids is 1. The van der Waals surface area contributed by atoms with Gasteiger partial charge in [0, 0.05) is 53.8 Å². The molecular weight excluding hydrogens is 486 g/mol. The number of primary amides is 1. The first kappa shape index (κ1) is 31.8. The van der Waals surface area contributed by atoms with E-state index in [1.165, 1.54) is 12.8 Å². The van der Waals surface area contributed by atoms with E-state index in [1.54, 1.807) is 29.5 Å². The van der Waals surface area contributed by atoms with Crippen LogP contribution in [0.3, 0.4) is 0 Å². The highest BCUT2D eigenvalue weighted by molar-refractivity contribution is 7.84. The summed E-state index contributed by atoms with van der Waals surface area (Å²) >= 11 is 0. The van der Waals surface area contributed by atoms with Gasteiger partial charge in [0.05, 0.1) is 6.20 Å². The van der Waals surface area contributed by atoms with Crippen molar-refractivity contribution < 1.29 is 9.00 Å². The van der Waals surface area contributed by atoms with E-state index in [1.807, 2.05) is 39.8 Å². The maximum absolute atomic E-state index is 11.5. The van der Waals surface area contributed by atoms with E-state index >= 15 is 0 Å². The zero-order chi connectivity index (χ0) is 27.6. The average molecular weight is 530 g/mol. The number of nitriles is 1. The van der Waals surface area contributed by atoms with Gasteiger partial charge in [0.25, 0.3) is 0 Å². The maximum atomic E-state index is 11.5. The normalized spacial score (nSPS) is 15.2. The quantitative estimate of drug-likeness (QED) is 0.541. The number of piperidine rings is 2. The number of benzene rings is 1. The number of nitrogens with two attached hydrogens (primary N) is 1. The van der Waals surface area contributed by atoms with Gasteiger partial charge in [-0.1, -0.05) is 27.7 Å². The lowest BCUT2D eigenvalue weighted by Gasteiger charge is -2.27. The molecule has 1 atom stereocenters. The number of nitrogens with one attached hydrogen (secondary N) is 1. The number of amides is 2. The number of carbonyl (C=O) groups is 1. The molecule has 0 radical (unpaired) electrons. The van der Waals surface area contributed by atoms with Crippen molar-refractivity contribution in [2.75, 3.05) is 42.7 Å². The first-order chi connectivity index (χ1) is 18.0. The van der Waals surface area contributed by atoms with Gasteiger partial charge >= 0.3 is 6.03 Å². The number of rotatable bonds is 4. The van der Waals surface area contributed by atoms with Crippen LogP contribution in [0.2, 0.25) is 0 Å². The third-order valence-corrected chi connectivity index (χ3v) is 6.60. The van der Waals surface area contributed by atoms with Crippen LogP contribution in [-0.4, -0.2) is 57.5 Å². The Bertz CT molecular complexity index is 997. The molecule has 3 heterocycles. The summed E-state index contributed by atoms with van der Waals surface area (Å²) in [6.45, 7) is 11.7. The van der Waals surface area contributed by atoms with E-state index in [0.29, 0.717) is 5.82 Å². The van der Waals surface area contributed by atoms with E-state index in [9.17, 15) is 14.3 Å². The molecule has 0 bridgehead atoms. The predicted molar refractivity (Wildman–Crippen MR) is 153 cm³/mol. The zero-order valence-corrected chi connectivity index (χ0v) is 23.8. The van der Waals surface area contributed by atoms with Gasteiger partial charge in [-0.15, -0.1) is 0 Å². The lowest BCUT2D eigenvalue weighted by Crippen LogP contribution is -2.39. The van der Waals surface area contributed by atoms with Crippen molar-refractivity contribution in [2.45, 2.75) is 71.1 Å². The molecule has 0 spiro atoms. The Kier molecular flexibility index (Phi) is 15.6. The molecule has 2 aromatic rings. The van der Waals surface area contributed by atoms with E-state index < -0.39 is 10.8 Å². The SMILES string of the molecule is CC.CC.CS(=O)c1ccc(Nc2nc(N3CCCCC3)cnc2C#N)cc1.NC(=O)N1CCCCC1. The van der Waals surface area contributed by atoms with Gasteiger partial charge in [0.2, 0.25) is 0 Å². The summed E-state index contributed by atoms with van der Waals surface area (Å²) in [6, 6.07) is 9.05. The number of likely N-dealkylation sites (tertiary alicyclic amines) is 1.